The van der Waals surface area contributed by atoms with E-state index in [4.69, 9.17) is 5.73 Å². The van der Waals surface area contributed by atoms with Crippen molar-refractivity contribution in [2.24, 2.45) is 11.7 Å². The summed E-state index contributed by atoms with van der Waals surface area (Å²) in [4.78, 5) is 0. The lowest BCUT2D eigenvalue weighted by Gasteiger charge is -2.17. The smallest absolute Gasteiger partial charge is 0.0346 e. The zero-order chi connectivity index (χ0) is 10.8. The maximum absolute atomic E-state index is 6.27. The molecule has 1 nitrogen and oxygen atoms in total. The Hall–Kier alpha value is -0.860. The van der Waals surface area contributed by atoms with Crippen molar-refractivity contribution in [2.45, 2.75) is 26.3 Å². The average Bonchev–Trinajstić information content (AvgIpc) is 2.70. The number of thiophene rings is 1. The summed E-state index contributed by atoms with van der Waals surface area (Å²) in [5.74, 6) is 0.544. The molecule has 0 saturated heterocycles. The van der Waals surface area contributed by atoms with Crippen molar-refractivity contribution in [3.8, 4) is 0 Å². The number of hydrogen-bond acceptors (Lipinski definition) is 2. The third-order valence-corrected chi connectivity index (χ3v) is 4.11. The predicted molar refractivity (Wildman–Crippen MR) is 68.2 cm³/mol. The van der Waals surface area contributed by atoms with Crippen molar-refractivity contribution < 1.29 is 0 Å². The number of nitrogens with two attached hydrogens (primary N) is 1. The molecule has 15 heavy (non-hydrogen) atoms. The summed E-state index contributed by atoms with van der Waals surface area (Å²) in [6, 6.07) is 8.67. The van der Waals surface area contributed by atoms with Gasteiger partial charge in [0.1, 0.15) is 0 Å². The van der Waals surface area contributed by atoms with E-state index < -0.39 is 0 Å². The van der Waals surface area contributed by atoms with Gasteiger partial charge >= 0.3 is 0 Å². The first-order chi connectivity index (χ1) is 7.24. The van der Waals surface area contributed by atoms with E-state index in [2.05, 4.69) is 43.5 Å². The summed E-state index contributed by atoms with van der Waals surface area (Å²) in [5.41, 5.74) is 7.58. The molecule has 0 saturated carbocycles. The molecule has 0 bridgehead atoms. The Balaban J connectivity index is 2.43. The van der Waals surface area contributed by atoms with Crippen LogP contribution in [-0.2, 0) is 0 Å². The van der Waals surface area contributed by atoms with Crippen LogP contribution < -0.4 is 5.73 Å². The Morgan fingerprint density at radius 2 is 2.07 bits per heavy atom. The van der Waals surface area contributed by atoms with E-state index in [0.717, 1.165) is 6.42 Å². The Labute approximate surface area is 94.9 Å². The van der Waals surface area contributed by atoms with Gasteiger partial charge in [-0.25, -0.2) is 0 Å². The normalized spacial score (nSPS) is 15.4. The fourth-order valence-corrected chi connectivity index (χ4v) is 2.82. The van der Waals surface area contributed by atoms with Crippen molar-refractivity contribution in [2.75, 3.05) is 0 Å². The van der Waals surface area contributed by atoms with Crippen LogP contribution in [0, 0.1) is 5.92 Å². The minimum atomic E-state index is 0.172. The Morgan fingerprint density at radius 1 is 1.33 bits per heavy atom. The van der Waals surface area contributed by atoms with Crippen molar-refractivity contribution in [1.82, 2.24) is 0 Å². The second-order valence-corrected chi connectivity index (χ2v) is 5.01. The van der Waals surface area contributed by atoms with Crippen LogP contribution >= 0.6 is 11.3 Å². The van der Waals surface area contributed by atoms with Gasteiger partial charge < -0.3 is 5.73 Å². The summed E-state index contributed by atoms with van der Waals surface area (Å²) in [5, 5.41) is 3.54. The fraction of sp³-hybridized carbons (Fsp3) is 0.385. The largest absolute Gasteiger partial charge is 0.324 e. The van der Waals surface area contributed by atoms with Gasteiger partial charge in [0.2, 0.25) is 0 Å². The zero-order valence-electron chi connectivity index (χ0n) is 9.23. The third kappa shape index (κ3) is 1.92. The first-order valence-corrected chi connectivity index (χ1v) is 6.33. The van der Waals surface area contributed by atoms with E-state index in [1.165, 1.54) is 15.6 Å². The van der Waals surface area contributed by atoms with Crippen LogP contribution in [0.5, 0.6) is 0 Å². The fourth-order valence-electron chi connectivity index (χ4n) is 1.82. The highest BCUT2D eigenvalue weighted by molar-refractivity contribution is 7.17. The van der Waals surface area contributed by atoms with Crippen LogP contribution in [0.25, 0.3) is 10.1 Å². The van der Waals surface area contributed by atoms with Gasteiger partial charge in [-0.1, -0.05) is 38.5 Å². The highest BCUT2D eigenvalue weighted by Crippen LogP contribution is 2.32. The summed E-state index contributed by atoms with van der Waals surface area (Å²) in [6.07, 6.45) is 1.13. The van der Waals surface area contributed by atoms with Crippen molar-refractivity contribution in [1.29, 1.82) is 0 Å². The van der Waals surface area contributed by atoms with Gasteiger partial charge in [0.15, 0.2) is 0 Å². The monoisotopic (exact) mass is 219 g/mol. The lowest BCUT2D eigenvalue weighted by molar-refractivity contribution is 0.460. The Morgan fingerprint density at radius 3 is 2.80 bits per heavy atom. The predicted octanol–water partition coefficient (Wildman–Crippen LogP) is 3.95. The number of benzene rings is 1. The highest BCUT2D eigenvalue weighted by Gasteiger charge is 2.16. The molecule has 0 amide bonds. The van der Waals surface area contributed by atoms with Crippen molar-refractivity contribution in [3.05, 3.63) is 35.2 Å². The maximum atomic E-state index is 6.27. The highest BCUT2D eigenvalue weighted by atomic mass is 32.1. The van der Waals surface area contributed by atoms with E-state index in [1.807, 2.05) is 0 Å². The molecule has 0 radical (unpaired) electrons. The minimum Gasteiger partial charge on any atom is -0.324 e. The van der Waals surface area contributed by atoms with Gasteiger partial charge in [-0.2, -0.15) is 0 Å². The second-order valence-electron chi connectivity index (χ2n) is 4.10. The zero-order valence-corrected chi connectivity index (χ0v) is 10.1. The number of fused-ring (bicyclic) bond motifs is 1. The molecule has 1 aromatic heterocycles. The van der Waals surface area contributed by atoms with E-state index in [0.29, 0.717) is 5.92 Å². The van der Waals surface area contributed by atoms with Gasteiger partial charge in [0.25, 0.3) is 0 Å². The summed E-state index contributed by atoms with van der Waals surface area (Å²) in [7, 11) is 0. The summed E-state index contributed by atoms with van der Waals surface area (Å²) in [6.45, 7) is 4.41. The van der Waals surface area contributed by atoms with Crippen LogP contribution in [0.2, 0.25) is 0 Å². The second kappa shape index (κ2) is 4.33. The molecule has 80 valence electrons. The average molecular weight is 219 g/mol. The molecule has 2 aromatic rings. The van der Waals surface area contributed by atoms with Gasteiger partial charge in [-0.15, -0.1) is 11.3 Å². The van der Waals surface area contributed by atoms with Crippen LogP contribution in [0.3, 0.4) is 0 Å². The van der Waals surface area contributed by atoms with Gasteiger partial charge in [-0.05, 0) is 28.3 Å². The lowest BCUT2D eigenvalue weighted by Crippen LogP contribution is -2.17. The molecule has 2 unspecified atom stereocenters. The molecular weight excluding hydrogens is 202 g/mol. The maximum Gasteiger partial charge on any atom is 0.0346 e. The van der Waals surface area contributed by atoms with Gasteiger partial charge in [0.05, 0.1) is 0 Å². The van der Waals surface area contributed by atoms with E-state index in [1.54, 1.807) is 11.3 Å². The first kappa shape index (κ1) is 10.7. The van der Waals surface area contributed by atoms with E-state index in [9.17, 15) is 0 Å². The molecule has 0 aliphatic carbocycles. The summed E-state index contributed by atoms with van der Waals surface area (Å²) >= 11 is 1.79. The quantitative estimate of drug-likeness (QED) is 0.831. The molecule has 2 N–H and O–H groups in total. The molecule has 2 atom stereocenters. The third-order valence-electron chi connectivity index (χ3n) is 3.13. The molecule has 0 spiro atoms. The topological polar surface area (TPSA) is 26.0 Å². The molecule has 0 aliphatic heterocycles. The Kier molecular flexibility index (Phi) is 3.08. The molecule has 2 rings (SSSR count). The first-order valence-electron chi connectivity index (χ1n) is 5.45. The van der Waals surface area contributed by atoms with Gasteiger partial charge in [0, 0.05) is 10.7 Å². The molecule has 0 fully saturated rings. The van der Waals surface area contributed by atoms with Crippen molar-refractivity contribution in [3.63, 3.8) is 0 Å². The standard InChI is InChI=1S/C13H17NS/c1-3-9(2)13(14)11-8-15-12-7-5-4-6-10(11)12/h4-9,13H,3,14H2,1-2H3. The molecule has 2 heteroatoms. The number of rotatable bonds is 3. The lowest BCUT2D eigenvalue weighted by atomic mass is 9.93. The van der Waals surface area contributed by atoms with E-state index in [-0.39, 0.29) is 6.04 Å². The Bertz CT molecular complexity index is 446. The molecule has 0 aliphatic rings. The van der Waals surface area contributed by atoms with Gasteiger partial charge in [-0.3, -0.25) is 0 Å². The van der Waals surface area contributed by atoms with E-state index >= 15 is 0 Å². The minimum absolute atomic E-state index is 0.172. The van der Waals surface area contributed by atoms with Crippen LogP contribution in [0.1, 0.15) is 31.9 Å². The van der Waals surface area contributed by atoms with Crippen LogP contribution in [0.15, 0.2) is 29.6 Å². The molecule has 1 heterocycles. The number of hydrogen-bond donors (Lipinski definition) is 1. The van der Waals surface area contributed by atoms with Crippen LogP contribution in [-0.4, -0.2) is 0 Å². The SMILES string of the molecule is CCC(C)C(N)c1csc2ccccc12. The van der Waals surface area contributed by atoms with Crippen LogP contribution in [0.4, 0.5) is 0 Å². The summed E-state index contributed by atoms with van der Waals surface area (Å²) < 4.78 is 1.34. The van der Waals surface area contributed by atoms with Crippen molar-refractivity contribution >= 4 is 21.4 Å². The molecular formula is C13H17NS. The molecule has 1 aromatic carbocycles.